The van der Waals surface area contributed by atoms with Crippen molar-refractivity contribution in [1.82, 2.24) is 0 Å². The third kappa shape index (κ3) is 3.55. The molecule has 0 saturated carbocycles. The van der Waals surface area contributed by atoms with Crippen LogP contribution in [0.4, 0.5) is 5.69 Å². The van der Waals surface area contributed by atoms with Crippen LogP contribution in [0.25, 0.3) is 0 Å². The Morgan fingerprint density at radius 1 is 1.18 bits per heavy atom. The van der Waals surface area contributed by atoms with E-state index in [1.807, 2.05) is 13.0 Å². The molecule has 1 N–H and O–H groups in total. The summed E-state index contributed by atoms with van der Waals surface area (Å²) in [6.07, 6.45) is 0. The smallest absolute Gasteiger partial charge is 0.255 e. The van der Waals surface area contributed by atoms with Gasteiger partial charge in [-0.3, -0.25) is 4.79 Å². The largest absolute Gasteiger partial charge is 0.493 e. The van der Waals surface area contributed by atoms with Crippen LogP contribution in [0, 0.1) is 11.3 Å². The Morgan fingerprint density at radius 2 is 1.91 bits per heavy atom. The van der Waals surface area contributed by atoms with Crippen molar-refractivity contribution in [3.63, 3.8) is 0 Å². The monoisotopic (exact) mass is 296 g/mol. The molecule has 0 heterocycles. The van der Waals surface area contributed by atoms with Crippen molar-refractivity contribution >= 4 is 11.6 Å². The van der Waals surface area contributed by atoms with E-state index < -0.39 is 0 Å². The maximum Gasteiger partial charge on any atom is 0.255 e. The van der Waals surface area contributed by atoms with Crippen LogP contribution < -0.4 is 14.8 Å². The van der Waals surface area contributed by atoms with Crippen LogP contribution in [0.5, 0.6) is 11.5 Å². The highest BCUT2D eigenvalue weighted by atomic mass is 16.5. The number of amides is 1. The second-order valence-corrected chi connectivity index (χ2v) is 4.44. The first kappa shape index (κ1) is 15.4. The van der Waals surface area contributed by atoms with E-state index in [9.17, 15) is 4.79 Å². The molecule has 0 saturated heterocycles. The molecule has 5 nitrogen and oxygen atoms in total. The summed E-state index contributed by atoms with van der Waals surface area (Å²) in [7, 11) is 1.55. The number of hydrogen-bond donors (Lipinski definition) is 1. The van der Waals surface area contributed by atoms with Crippen molar-refractivity contribution in [2.24, 2.45) is 0 Å². The molecule has 2 aromatic rings. The highest BCUT2D eigenvalue weighted by Crippen LogP contribution is 2.28. The summed E-state index contributed by atoms with van der Waals surface area (Å²) in [6, 6.07) is 13.7. The van der Waals surface area contributed by atoms with E-state index in [-0.39, 0.29) is 5.91 Å². The highest BCUT2D eigenvalue weighted by Gasteiger charge is 2.11. The fourth-order valence-corrected chi connectivity index (χ4v) is 1.92. The number of carbonyl (C=O) groups excluding carboxylic acids is 1. The number of nitriles is 1. The van der Waals surface area contributed by atoms with Gasteiger partial charge in [-0.2, -0.15) is 5.26 Å². The molecule has 0 atom stereocenters. The van der Waals surface area contributed by atoms with Crippen molar-refractivity contribution < 1.29 is 14.3 Å². The van der Waals surface area contributed by atoms with E-state index in [2.05, 4.69) is 5.32 Å². The topological polar surface area (TPSA) is 71.3 Å². The zero-order chi connectivity index (χ0) is 15.9. The summed E-state index contributed by atoms with van der Waals surface area (Å²) < 4.78 is 10.6. The lowest BCUT2D eigenvalue weighted by Gasteiger charge is -2.11. The number of ether oxygens (including phenoxy) is 2. The number of hydrogen-bond acceptors (Lipinski definition) is 4. The molecule has 0 spiro atoms. The number of carbonyl (C=O) groups is 1. The Labute approximate surface area is 129 Å². The molecule has 0 fully saturated rings. The van der Waals surface area contributed by atoms with Gasteiger partial charge in [-0.25, -0.2) is 0 Å². The quantitative estimate of drug-likeness (QED) is 0.919. The van der Waals surface area contributed by atoms with Crippen LogP contribution in [0.3, 0.4) is 0 Å². The van der Waals surface area contributed by atoms with E-state index in [4.69, 9.17) is 14.7 Å². The van der Waals surface area contributed by atoms with Gasteiger partial charge in [0.15, 0.2) is 11.5 Å². The van der Waals surface area contributed by atoms with Crippen LogP contribution in [0.15, 0.2) is 42.5 Å². The molecule has 112 valence electrons. The Morgan fingerprint density at radius 3 is 2.50 bits per heavy atom. The average Bonchev–Trinajstić information content (AvgIpc) is 2.55. The third-order valence-corrected chi connectivity index (χ3v) is 3.00. The molecule has 0 bridgehead atoms. The van der Waals surface area contributed by atoms with Gasteiger partial charge in [0, 0.05) is 11.3 Å². The number of rotatable bonds is 5. The van der Waals surface area contributed by atoms with E-state index in [0.717, 1.165) is 0 Å². The summed E-state index contributed by atoms with van der Waals surface area (Å²) >= 11 is 0. The summed E-state index contributed by atoms with van der Waals surface area (Å²) in [5.41, 5.74) is 1.63. The zero-order valence-electron chi connectivity index (χ0n) is 12.4. The fraction of sp³-hybridized carbons (Fsp3) is 0.176. The Bertz CT molecular complexity index is 703. The molecule has 0 aliphatic rings. The summed E-state index contributed by atoms with van der Waals surface area (Å²) in [5, 5.41) is 11.5. The molecular weight excluding hydrogens is 280 g/mol. The molecule has 1 amide bonds. The van der Waals surface area contributed by atoms with Crippen LogP contribution in [0.2, 0.25) is 0 Å². The van der Waals surface area contributed by atoms with Crippen LogP contribution in [-0.4, -0.2) is 19.6 Å². The minimum Gasteiger partial charge on any atom is -0.493 e. The fourth-order valence-electron chi connectivity index (χ4n) is 1.92. The third-order valence-electron chi connectivity index (χ3n) is 3.00. The first-order valence-electron chi connectivity index (χ1n) is 6.80. The Hall–Kier alpha value is -3.00. The van der Waals surface area contributed by atoms with Crippen LogP contribution in [0.1, 0.15) is 22.8 Å². The van der Waals surface area contributed by atoms with E-state index >= 15 is 0 Å². The zero-order valence-corrected chi connectivity index (χ0v) is 12.4. The molecular formula is C17H16N2O3. The molecule has 0 radical (unpaired) electrons. The molecule has 0 aliphatic heterocycles. The molecule has 22 heavy (non-hydrogen) atoms. The predicted molar refractivity (Wildman–Crippen MR) is 83.3 cm³/mol. The lowest BCUT2D eigenvalue weighted by molar-refractivity contribution is 0.102. The van der Waals surface area contributed by atoms with Crippen molar-refractivity contribution in [3.8, 4) is 17.6 Å². The van der Waals surface area contributed by atoms with Gasteiger partial charge in [0.1, 0.15) is 0 Å². The molecule has 2 rings (SSSR count). The lowest BCUT2D eigenvalue weighted by Crippen LogP contribution is -2.12. The van der Waals surface area contributed by atoms with Crippen molar-refractivity contribution in [2.75, 3.05) is 19.0 Å². The van der Waals surface area contributed by atoms with Gasteiger partial charge in [-0.05, 0) is 49.4 Å². The van der Waals surface area contributed by atoms with E-state index in [1.165, 1.54) is 0 Å². The first-order chi connectivity index (χ1) is 10.7. The highest BCUT2D eigenvalue weighted by molar-refractivity contribution is 6.04. The van der Waals surface area contributed by atoms with Crippen LogP contribution in [-0.2, 0) is 0 Å². The number of nitrogens with zero attached hydrogens (tertiary/aromatic N) is 1. The molecule has 2 aromatic carbocycles. The van der Waals surface area contributed by atoms with Gasteiger partial charge in [-0.15, -0.1) is 0 Å². The van der Waals surface area contributed by atoms with Gasteiger partial charge >= 0.3 is 0 Å². The average molecular weight is 296 g/mol. The number of benzene rings is 2. The standard InChI is InChI=1S/C17H16N2O3/c1-3-22-16-10-13(6-9-15(16)21-2)17(20)19-14-7-4-12(11-18)5-8-14/h4-10H,3H2,1-2H3,(H,19,20). The second-order valence-electron chi connectivity index (χ2n) is 4.44. The van der Waals surface area contributed by atoms with E-state index in [0.29, 0.717) is 34.9 Å². The number of nitrogens with one attached hydrogen (secondary N) is 1. The summed E-state index contributed by atoms with van der Waals surface area (Å²) in [4.78, 5) is 12.3. The summed E-state index contributed by atoms with van der Waals surface area (Å²) in [6.45, 7) is 2.35. The van der Waals surface area contributed by atoms with Gasteiger partial charge in [0.2, 0.25) is 0 Å². The SMILES string of the molecule is CCOc1cc(C(=O)Nc2ccc(C#N)cc2)ccc1OC. The Balaban J connectivity index is 2.18. The van der Waals surface area contributed by atoms with Gasteiger partial charge in [0.25, 0.3) is 5.91 Å². The van der Waals surface area contributed by atoms with Gasteiger partial charge in [0.05, 0.1) is 25.3 Å². The molecule has 0 aromatic heterocycles. The maximum absolute atomic E-state index is 12.3. The van der Waals surface area contributed by atoms with Crippen molar-refractivity contribution in [3.05, 3.63) is 53.6 Å². The Kier molecular flexibility index (Phi) is 4.99. The second kappa shape index (κ2) is 7.14. The van der Waals surface area contributed by atoms with Crippen molar-refractivity contribution in [1.29, 1.82) is 5.26 Å². The predicted octanol–water partition coefficient (Wildman–Crippen LogP) is 3.22. The maximum atomic E-state index is 12.3. The summed E-state index contributed by atoms with van der Waals surface area (Å²) in [5.74, 6) is 0.850. The number of methoxy groups -OCH3 is 1. The normalized spacial score (nSPS) is 9.68. The lowest BCUT2D eigenvalue weighted by atomic mass is 10.1. The minimum atomic E-state index is -0.256. The van der Waals surface area contributed by atoms with E-state index in [1.54, 1.807) is 49.6 Å². The van der Waals surface area contributed by atoms with Crippen molar-refractivity contribution in [2.45, 2.75) is 6.92 Å². The first-order valence-corrected chi connectivity index (χ1v) is 6.80. The minimum absolute atomic E-state index is 0.256. The van der Waals surface area contributed by atoms with Crippen LogP contribution >= 0.6 is 0 Å². The molecule has 0 aliphatic carbocycles. The molecule has 5 heteroatoms. The van der Waals surface area contributed by atoms with Gasteiger partial charge in [-0.1, -0.05) is 0 Å². The number of anilines is 1. The van der Waals surface area contributed by atoms with Gasteiger partial charge < -0.3 is 14.8 Å². The molecule has 0 unspecified atom stereocenters.